The molecule has 1 aliphatic rings. The highest BCUT2D eigenvalue weighted by Crippen LogP contribution is 2.26. The molecule has 1 aromatic rings. The minimum absolute atomic E-state index is 0.243. The van der Waals surface area contributed by atoms with E-state index in [1.165, 1.54) is 24.4 Å². The lowest BCUT2D eigenvalue weighted by atomic mass is 9.95. The van der Waals surface area contributed by atoms with Gasteiger partial charge in [-0.25, -0.2) is 4.98 Å². The van der Waals surface area contributed by atoms with Crippen LogP contribution in [-0.2, 0) is 6.42 Å². The van der Waals surface area contributed by atoms with E-state index in [0.717, 1.165) is 30.2 Å². The van der Waals surface area contributed by atoms with E-state index in [2.05, 4.69) is 21.6 Å². The number of alkyl halides is 1. The predicted molar refractivity (Wildman–Crippen MR) is 64.8 cm³/mol. The Morgan fingerprint density at radius 2 is 2.27 bits per heavy atom. The average molecular weight is 246 g/mol. The van der Waals surface area contributed by atoms with Gasteiger partial charge in [0.05, 0.1) is 5.38 Å². The van der Waals surface area contributed by atoms with Crippen molar-refractivity contribution >= 4 is 28.3 Å². The highest BCUT2D eigenvalue weighted by molar-refractivity contribution is 7.09. The standard InChI is InChI=1S/C10H16ClN3S/c1-2-9-13-10(15-14-9)12-8-6-4-3-5-7(8)11/h7-8H,2-6H2,1H3,(H,12,13,14). The molecule has 3 nitrogen and oxygen atoms in total. The van der Waals surface area contributed by atoms with E-state index >= 15 is 0 Å². The molecule has 2 unspecified atom stereocenters. The first kappa shape index (κ1) is 11.1. The fourth-order valence-corrected chi connectivity index (χ4v) is 2.92. The number of hydrogen-bond donors (Lipinski definition) is 1. The molecule has 5 heteroatoms. The molecule has 0 radical (unpaired) electrons. The van der Waals surface area contributed by atoms with Crippen LogP contribution in [0.25, 0.3) is 0 Å². The van der Waals surface area contributed by atoms with Crippen molar-refractivity contribution in [2.24, 2.45) is 0 Å². The van der Waals surface area contributed by atoms with Gasteiger partial charge in [0.25, 0.3) is 0 Å². The number of nitrogens with one attached hydrogen (secondary N) is 1. The summed E-state index contributed by atoms with van der Waals surface area (Å²) in [6.45, 7) is 2.07. The van der Waals surface area contributed by atoms with Gasteiger partial charge in [-0.05, 0) is 12.8 Å². The van der Waals surface area contributed by atoms with Crippen LogP contribution in [0.2, 0.25) is 0 Å². The first-order chi connectivity index (χ1) is 7.29. The first-order valence-electron chi connectivity index (χ1n) is 5.52. The maximum atomic E-state index is 6.27. The topological polar surface area (TPSA) is 37.8 Å². The molecule has 1 aromatic heterocycles. The zero-order chi connectivity index (χ0) is 10.7. The quantitative estimate of drug-likeness (QED) is 0.832. The summed E-state index contributed by atoms with van der Waals surface area (Å²) in [4.78, 5) is 4.39. The van der Waals surface area contributed by atoms with Crippen LogP contribution in [0.5, 0.6) is 0 Å². The lowest BCUT2D eigenvalue weighted by Crippen LogP contribution is -2.32. The Morgan fingerprint density at radius 1 is 1.47 bits per heavy atom. The molecule has 1 aliphatic carbocycles. The molecule has 0 saturated heterocycles. The van der Waals surface area contributed by atoms with E-state index in [0.29, 0.717) is 6.04 Å². The smallest absolute Gasteiger partial charge is 0.202 e. The summed E-state index contributed by atoms with van der Waals surface area (Å²) in [6.07, 6.45) is 5.67. The summed E-state index contributed by atoms with van der Waals surface area (Å²) in [5.41, 5.74) is 0. The van der Waals surface area contributed by atoms with E-state index in [4.69, 9.17) is 11.6 Å². The van der Waals surface area contributed by atoms with Gasteiger partial charge in [-0.1, -0.05) is 19.8 Å². The summed E-state index contributed by atoms with van der Waals surface area (Å²) in [6, 6.07) is 0.373. The number of aryl methyl sites for hydroxylation is 1. The molecule has 1 fully saturated rings. The second-order valence-electron chi connectivity index (χ2n) is 3.92. The Morgan fingerprint density at radius 3 is 2.93 bits per heavy atom. The molecule has 84 valence electrons. The van der Waals surface area contributed by atoms with Crippen LogP contribution in [0.15, 0.2) is 0 Å². The fraction of sp³-hybridized carbons (Fsp3) is 0.800. The van der Waals surface area contributed by atoms with E-state index < -0.39 is 0 Å². The third-order valence-corrected chi connectivity index (χ3v) is 3.98. The number of halogens is 1. The van der Waals surface area contributed by atoms with Crippen LogP contribution in [-0.4, -0.2) is 20.8 Å². The van der Waals surface area contributed by atoms with Crippen LogP contribution < -0.4 is 5.32 Å². The van der Waals surface area contributed by atoms with Crippen molar-refractivity contribution < 1.29 is 0 Å². The van der Waals surface area contributed by atoms with Gasteiger partial charge >= 0.3 is 0 Å². The zero-order valence-corrected chi connectivity index (χ0v) is 10.4. The maximum absolute atomic E-state index is 6.27. The van der Waals surface area contributed by atoms with Crippen LogP contribution in [0.3, 0.4) is 0 Å². The normalized spacial score (nSPS) is 26.5. The van der Waals surface area contributed by atoms with Crippen molar-refractivity contribution in [3.05, 3.63) is 5.82 Å². The highest BCUT2D eigenvalue weighted by Gasteiger charge is 2.23. The molecule has 0 spiro atoms. The van der Waals surface area contributed by atoms with Crippen molar-refractivity contribution in [2.45, 2.75) is 50.4 Å². The molecule has 1 heterocycles. The minimum Gasteiger partial charge on any atom is -0.356 e. The minimum atomic E-state index is 0.243. The van der Waals surface area contributed by atoms with E-state index in [9.17, 15) is 0 Å². The Bertz CT molecular complexity index is 315. The summed E-state index contributed by atoms with van der Waals surface area (Å²) in [7, 11) is 0. The van der Waals surface area contributed by atoms with Crippen molar-refractivity contribution in [3.63, 3.8) is 0 Å². The number of anilines is 1. The zero-order valence-electron chi connectivity index (χ0n) is 8.87. The second-order valence-corrected chi connectivity index (χ2v) is 5.23. The second kappa shape index (κ2) is 5.12. The molecule has 0 aromatic carbocycles. The monoisotopic (exact) mass is 245 g/mol. The van der Waals surface area contributed by atoms with Gasteiger partial charge in [-0.3, -0.25) is 0 Å². The molecule has 1 saturated carbocycles. The molecule has 2 rings (SSSR count). The third-order valence-electron chi connectivity index (χ3n) is 2.77. The Balaban J connectivity index is 1.95. The summed E-state index contributed by atoms with van der Waals surface area (Å²) < 4.78 is 4.25. The van der Waals surface area contributed by atoms with Crippen molar-refractivity contribution in [1.29, 1.82) is 0 Å². The number of rotatable bonds is 3. The molecular weight excluding hydrogens is 230 g/mol. The Labute approximate surface area is 99.4 Å². The molecule has 1 N–H and O–H groups in total. The van der Waals surface area contributed by atoms with Crippen LogP contribution in [0.4, 0.5) is 5.13 Å². The number of hydrogen-bond acceptors (Lipinski definition) is 4. The molecule has 15 heavy (non-hydrogen) atoms. The van der Waals surface area contributed by atoms with Gasteiger partial charge in [0.15, 0.2) is 0 Å². The van der Waals surface area contributed by atoms with Crippen LogP contribution in [0.1, 0.15) is 38.4 Å². The van der Waals surface area contributed by atoms with E-state index in [1.807, 2.05) is 0 Å². The predicted octanol–water partition coefficient (Wildman–Crippen LogP) is 3.06. The van der Waals surface area contributed by atoms with Gasteiger partial charge in [0.1, 0.15) is 5.82 Å². The SMILES string of the molecule is CCc1nsc(NC2CCCCC2Cl)n1. The average Bonchev–Trinajstić information content (AvgIpc) is 2.69. The van der Waals surface area contributed by atoms with Crippen LogP contribution in [0, 0.1) is 0 Å². The number of aromatic nitrogens is 2. The van der Waals surface area contributed by atoms with Crippen molar-refractivity contribution in [1.82, 2.24) is 9.36 Å². The maximum Gasteiger partial charge on any atom is 0.202 e. The van der Waals surface area contributed by atoms with Crippen LogP contribution >= 0.6 is 23.1 Å². The molecular formula is C10H16ClN3S. The van der Waals surface area contributed by atoms with E-state index in [1.54, 1.807) is 0 Å². The Kier molecular flexibility index (Phi) is 3.81. The fourth-order valence-electron chi connectivity index (χ4n) is 1.86. The molecule has 0 bridgehead atoms. The molecule has 0 aliphatic heterocycles. The number of nitrogens with zero attached hydrogens (tertiary/aromatic N) is 2. The molecule has 2 atom stereocenters. The van der Waals surface area contributed by atoms with Gasteiger partial charge in [-0.2, -0.15) is 4.37 Å². The molecule has 0 amide bonds. The van der Waals surface area contributed by atoms with Crippen molar-refractivity contribution in [3.8, 4) is 0 Å². The lowest BCUT2D eigenvalue weighted by molar-refractivity contribution is 0.469. The summed E-state index contributed by atoms with van der Waals surface area (Å²) in [5.74, 6) is 0.921. The highest BCUT2D eigenvalue weighted by atomic mass is 35.5. The largest absolute Gasteiger partial charge is 0.356 e. The summed E-state index contributed by atoms with van der Waals surface area (Å²) >= 11 is 7.71. The Hall–Kier alpha value is -0.350. The summed E-state index contributed by atoms with van der Waals surface area (Å²) in [5, 5.41) is 4.56. The van der Waals surface area contributed by atoms with Gasteiger partial charge in [-0.15, -0.1) is 11.6 Å². The van der Waals surface area contributed by atoms with Gasteiger partial charge < -0.3 is 5.32 Å². The lowest BCUT2D eigenvalue weighted by Gasteiger charge is -2.27. The first-order valence-corrected chi connectivity index (χ1v) is 6.73. The van der Waals surface area contributed by atoms with Gasteiger partial charge in [0, 0.05) is 24.0 Å². The van der Waals surface area contributed by atoms with E-state index in [-0.39, 0.29) is 5.38 Å². The third kappa shape index (κ3) is 2.82. The van der Waals surface area contributed by atoms with Gasteiger partial charge in [0.2, 0.25) is 5.13 Å². The van der Waals surface area contributed by atoms with Crippen molar-refractivity contribution in [2.75, 3.05) is 5.32 Å².